The van der Waals surface area contributed by atoms with E-state index >= 15 is 0 Å². The molecule has 1 fully saturated rings. The summed E-state index contributed by atoms with van der Waals surface area (Å²) in [6, 6.07) is 0.400. The van der Waals surface area contributed by atoms with Crippen LogP contribution in [0, 0.1) is 17.8 Å². The first-order chi connectivity index (χ1) is 5.52. The lowest BCUT2D eigenvalue weighted by molar-refractivity contribution is -0.119. The Morgan fingerprint density at radius 3 is 2.17 bits per heavy atom. The fourth-order valence-corrected chi connectivity index (χ4v) is 2.00. The molecule has 1 amide bonds. The van der Waals surface area contributed by atoms with Crippen LogP contribution in [0.4, 0.5) is 0 Å². The first-order valence-corrected chi connectivity index (χ1v) is 4.81. The van der Waals surface area contributed by atoms with E-state index < -0.39 is 0 Å². The Morgan fingerprint density at radius 1 is 1.25 bits per heavy atom. The highest BCUT2D eigenvalue weighted by atomic mass is 16.2. The first kappa shape index (κ1) is 9.56. The minimum atomic E-state index is 0.229. The molecule has 2 nitrogen and oxygen atoms in total. The normalized spacial score (nSPS) is 30.0. The third kappa shape index (κ3) is 1.79. The largest absolute Gasteiger partial charge is 0.353 e. The minimum absolute atomic E-state index is 0.229. The summed E-state index contributed by atoms with van der Waals surface area (Å²) in [6.07, 6.45) is 0.723. The molecule has 0 aromatic heterocycles. The molecule has 1 heterocycles. The summed E-state index contributed by atoms with van der Waals surface area (Å²) in [7, 11) is 0. The van der Waals surface area contributed by atoms with Gasteiger partial charge in [0.1, 0.15) is 0 Å². The lowest BCUT2D eigenvalue weighted by Crippen LogP contribution is -2.35. The van der Waals surface area contributed by atoms with Gasteiger partial charge in [0.2, 0.25) is 5.91 Å². The number of nitrogens with one attached hydrogen (secondary N) is 1. The molecular weight excluding hydrogens is 150 g/mol. The summed E-state index contributed by atoms with van der Waals surface area (Å²) >= 11 is 0. The molecule has 0 bridgehead atoms. The molecule has 1 aliphatic heterocycles. The SMILES string of the molecule is CC(C)C1CC(=O)NC1C(C)C. The second kappa shape index (κ2) is 3.46. The maximum atomic E-state index is 11.2. The summed E-state index contributed by atoms with van der Waals surface area (Å²) < 4.78 is 0. The van der Waals surface area contributed by atoms with E-state index in [0.717, 1.165) is 6.42 Å². The molecule has 1 aliphatic rings. The van der Waals surface area contributed by atoms with Crippen molar-refractivity contribution in [3.05, 3.63) is 0 Å². The number of hydrogen-bond acceptors (Lipinski definition) is 1. The van der Waals surface area contributed by atoms with Gasteiger partial charge in [-0.05, 0) is 17.8 Å². The van der Waals surface area contributed by atoms with Gasteiger partial charge in [-0.15, -0.1) is 0 Å². The topological polar surface area (TPSA) is 29.1 Å². The van der Waals surface area contributed by atoms with Crippen LogP contribution in [0.1, 0.15) is 34.1 Å². The molecule has 1 rings (SSSR count). The number of amides is 1. The lowest BCUT2D eigenvalue weighted by Gasteiger charge is -2.25. The summed E-state index contributed by atoms with van der Waals surface area (Å²) in [5.41, 5.74) is 0. The van der Waals surface area contributed by atoms with Crippen LogP contribution in [0.2, 0.25) is 0 Å². The highest BCUT2D eigenvalue weighted by Crippen LogP contribution is 2.28. The average molecular weight is 169 g/mol. The molecule has 2 unspecified atom stereocenters. The molecule has 1 saturated heterocycles. The zero-order valence-corrected chi connectivity index (χ0v) is 8.42. The van der Waals surface area contributed by atoms with E-state index in [0.29, 0.717) is 23.8 Å². The van der Waals surface area contributed by atoms with Gasteiger partial charge in [0.25, 0.3) is 0 Å². The number of carbonyl (C=O) groups is 1. The van der Waals surface area contributed by atoms with Gasteiger partial charge in [0, 0.05) is 12.5 Å². The second-order valence-corrected chi connectivity index (χ2v) is 4.45. The Morgan fingerprint density at radius 2 is 1.83 bits per heavy atom. The first-order valence-electron chi connectivity index (χ1n) is 4.81. The van der Waals surface area contributed by atoms with Crippen molar-refractivity contribution < 1.29 is 4.79 Å². The summed E-state index contributed by atoms with van der Waals surface area (Å²) in [4.78, 5) is 11.2. The third-order valence-electron chi connectivity index (χ3n) is 2.78. The molecule has 0 aromatic rings. The fraction of sp³-hybridized carbons (Fsp3) is 0.900. The zero-order valence-electron chi connectivity index (χ0n) is 8.42. The molecule has 0 spiro atoms. The second-order valence-electron chi connectivity index (χ2n) is 4.45. The van der Waals surface area contributed by atoms with Gasteiger partial charge in [-0.2, -0.15) is 0 Å². The summed E-state index contributed by atoms with van der Waals surface area (Å²) in [5, 5.41) is 3.05. The van der Waals surface area contributed by atoms with E-state index in [1.165, 1.54) is 0 Å². The van der Waals surface area contributed by atoms with E-state index in [9.17, 15) is 4.79 Å². The number of rotatable bonds is 2. The summed E-state index contributed by atoms with van der Waals surface area (Å²) in [6.45, 7) is 8.73. The van der Waals surface area contributed by atoms with Crippen molar-refractivity contribution in [2.45, 2.75) is 40.2 Å². The highest BCUT2D eigenvalue weighted by molar-refractivity contribution is 5.79. The van der Waals surface area contributed by atoms with Gasteiger partial charge < -0.3 is 5.32 Å². The van der Waals surface area contributed by atoms with Crippen LogP contribution in [0.3, 0.4) is 0 Å². The van der Waals surface area contributed by atoms with Crippen LogP contribution in [0.25, 0.3) is 0 Å². The third-order valence-corrected chi connectivity index (χ3v) is 2.78. The lowest BCUT2D eigenvalue weighted by atomic mass is 9.84. The monoisotopic (exact) mass is 169 g/mol. The van der Waals surface area contributed by atoms with Gasteiger partial charge in [-0.25, -0.2) is 0 Å². The van der Waals surface area contributed by atoms with E-state index in [4.69, 9.17) is 0 Å². The van der Waals surface area contributed by atoms with Crippen LogP contribution in [0.15, 0.2) is 0 Å². The predicted molar refractivity (Wildman–Crippen MR) is 49.7 cm³/mol. The number of carbonyl (C=O) groups excluding carboxylic acids is 1. The van der Waals surface area contributed by atoms with Crippen molar-refractivity contribution in [1.82, 2.24) is 5.32 Å². The fourth-order valence-electron chi connectivity index (χ4n) is 2.00. The van der Waals surface area contributed by atoms with Crippen LogP contribution in [0.5, 0.6) is 0 Å². The van der Waals surface area contributed by atoms with Crippen LogP contribution >= 0.6 is 0 Å². The van der Waals surface area contributed by atoms with Crippen molar-refractivity contribution >= 4 is 5.91 Å². The standard InChI is InChI=1S/C10H19NO/c1-6(2)8-5-9(12)11-10(8)7(3)4/h6-8,10H,5H2,1-4H3,(H,11,12). The molecule has 70 valence electrons. The van der Waals surface area contributed by atoms with Gasteiger partial charge in [0.15, 0.2) is 0 Å². The Balaban J connectivity index is 2.65. The van der Waals surface area contributed by atoms with E-state index in [2.05, 4.69) is 33.0 Å². The van der Waals surface area contributed by atoms with Crippen LogP contribution in [-0.2, 0) is 4.79 Å². The Hall–Kier alpha value is -0.530. The van der Waals surface area contributed by atoms with Gasteiger partial charge in [-0.3, -0.25) is 4.79 Å². The quantitative estimate of drug-likeness (QED) is 0.671. The molecule has 12 heavy (non-hydrogen) atoms. The number of hydrogen-bond donors (Lipinski definition) is 1. The van der Waals surface area contributed by atoms with Crippen molar-refractivity contribution in [3.8, 4) is 0 Å². The van der Waals surface area contributed by atoms with Crippen LogP contribution < -0.4 is 5.32 Å². The molecule has 2 heteroatoms. The smallest absolute Gasteiger partial charge is 0.220 e. The van der Waals surface area contributed by atoms with Crippen molar-refractivity contribution in [2.75, 3.05) is 0 Å². The van der Waals surface area contributed by atoms with Gasteiger partial charge in [-0.1, -0.05) is 27.7 Å². The van der Waals surface area contributed by atoms with E-state index in [1.54, 1.807) is 0 Å². The zero-order chi connectivity index (χ0) is 9.30. The van der Waals surface area contributed by atoms with E-state index in [1.807, 2.05) is 0 Å². The summed E-state index contributed by atoms with van der Waals surface area (Å²) in [5.74, 6) is 1.94. The molecule has 1 N–H and O–H groups in total. The Bertz CT molecular complexity index is 157. The van der Waals surface area contributed by atoms with Crippen molar-refractivity contribution in [3.63, 3.8) is 0 Å². The Kier molecular flexibility index (Phi) is 2.76. The highest BCUT2D eigenvalue weighted by Gasteiger charge is 2.35. The molecular formula is C10H19NO. The predicted octanol–water partition coefficient (Wildman–Crippen LogP) is 1.80. The molecule has 2 atom stereocenters. The molecule has 0 aliphatic carbocycles. The van der Waals surface area contributed by atoms with Crippen molar-refractivity contribution in [2.24, 2.45) is 17.8 Å². The average Bonchev–Trinajstić information content (AvgIpc) is 2.31. The minimum Gasteiger partial charge on any atom is -0.353 e. The van der Waals surface area contributed by atoms with Crippen molar-refractivity contribution in [1.29, 1.82) is 0 Å². The molecule has 0 saturated carbocycles. The maximum Gasteiger partial charge on any atom is 0.220 e. The van der Waals surface area contributed by atoms with E-state index in [-0.39, 0.29) is 5.91 Å². The van der Waals surface area contributed by atoms with Crippen LogP contribution in [-0.4, -0.2) is 11.9 Å². The van der Waals surface area contributed by atoms with Gasteiger partial charge in [0.05, 0.1) is 0 Å². The maximum absolute atomic E-state index is 11.2. The van der Waals surface area contributed by atoms with Gasteiger partial charge >= 0.3 is 0 Å². The molecule has 0 radical (unpaired) electrons. The Labute approximate surface area is 74.7 Å². The molecule has 0 aromatic carbocycles.